The number of hydrogen-bond acceptors (Lipinski definition) is 4. The highest BCUT2D eigenvalue weighted by Gasteiger charge is 2.27. The van der Waals surface area contributed by atoms with Crippen molar-refractivity contribution in [1.82, 2.24) is 10.2 Å². The number of piperazine rings is 1. The molecule has 3 rings (SSSR count). The van der Waals surface area contributed by atoms with Crippen LogP contribution in [-0.2, 0) is 0 Å². The van der Waals surface area contributed by atoms with Crippen LogP contribution in [-0.4, -0.2) is 50.3 Å². The van der Waals surface area contributed by atoms with Crippen LogP contribution in [0.5, 0.6) is 11.5 Å². The molecule has 0 radical (unpaired) electrons. The number of carbonyl (C=O) groups excluding carboxylic acids is 1. The van der Waals surface area contributed by atoms with Crippen LogP contribution in [0.4, 0.5) is 10.5 Å². The van der Waals surface area contributed by atoms with Crippen molar-refractivity contribution in [1.29, 1.82) is 0 Å². The Labute approximate surface area is 170 Å². The minimum atomic E-state index is -0.142. The topological polar surface area (TPSA) is 62.8 Å². The molecule has 2 N–H and O–H groups in total. The number of amides is 2. The Bertz CT molecular complexity index is 726. The third kappa shape index (κ3) is 5.92. The fraction of sp³-hybridized carbons (Fsp3) is 0.316. The molecule has 1 fully saturated rings. The van der Waals surface area contributed by atoms with Crippen LogP contribution in [0.2, 0.25) is 5.02 Å². The number of carbonyl (C=O) groups is 1. The fourth-order valence-corrected chi connectivity index (χ4v) is 2.90. The molecule has 146 valence electrons. The summed E-state index contributed by atoms with van der Waals surface area (Å²) in [5.41, 5.74) is 0.716. The molecule has 2 aromatic carbocycles. The third-order valence-corrected chi connectivity index (χ3v) is 4.46. The number of rotatable bonds is 5. The van der Waals surface area contributed by atoms with E-state index in [4.69, 9.17) is 21.1 Å². The lowest BCUT2D eigenvalue weighted by atomic mass is 10.2. The van der Waals surface area contributed by atoms with Gasteiger partial charge in [-0.25, -0.2) is 4.79 Å². The van der Waals surface area contributed by atoms with Gasteiger partial charge in [0.05, 0.1) is 13.2 Å². The highest BCUT2D eigenvalue weighted by atomic mass is 35.5. The second-order valence-electron chi connectivity index (χ2n) is 5.97. The molecule has 1 unspecified atom stereocenters. The van der Waals surface area contributed by atoms with Crippen LogP contribution in [0.3, 0.4) is 0 Å². The van der Waals surface area contributed by atoms with Gasteiger partial charge in [-0.3, -0.25) is 0 Å². The number of ether oxygens (including phenoxy) is 2. The van der Waals surface area contributed by atoms with Crippen molar-refractivity contribution in [2.24, 2.45) is 0 Å². The molecule has 0 spiro atoms. The minimum Gasteiger partial charge on any atom is -0.497 e. The highest BCUT2D eigenvalue weighted by molar-refractivity contribution is 6.30. The molecule has 0 aliphatic carbocycles. The molecular formula is C19H23Cl2N3O3. The number of hydrogen-bond donors (Lipinski definition) is 2. The average Bonchev–Trinajstić information content (AvgIpc) is 2.68. The molecule has 1 aliphatic heterocycles. The van der Waals surface area contributed by atoms with Crippen LogP contribution in [0.15, 0.2) is 48.5 Å². The zero-order valence-corrected chi connectivity index (χ0v) is 16.6. The van der Waals surface area contributed by atoms with Gasteiger partial charge in [-0.2, -0.15) is 0 Å². The van der Waals surface area contributed by atoms with E-state index in [9.17, 15) is 4.79 Å². The van der Waals surface area contributed by atoms with E-state index in [2.05, 4.69) is 10.6 Å². The normalized spacial score (nSPS) is 16.2. The van der Waals surface area contributed by atoms with Gasteiger partial charge < -0.3 is 25.0 Å². The average molecular weight is 412 g/mol. The predicted molar refractivity (Wildman–Crippen MR) is 110 cm³/mol. The summed E-state index contributed by atoms with van der Waals surface area (Å²) in [4.78, 5) is 14.4. The van der Waals surface area contributed by atoms with Gasteiger partial charge in [-0.1, -0.05) is 11.6 Å². The molecule has 0 bridgehead atoms. The zero-order valence-electron chi connectivity index (χ0n) is 15.0. The molecule has 0 aromatic heterocycles. The van der Waals surface area contributed by atoms with E-state index < -0.39 is 0 Å². The van der Waals surface area contributed by atoms with E-state index in [-0.39, 0.29) is 24.5 Å². The number of nitrogens with zero attached hydrogens (tertiary/aromatic N) is 1. The maximum absolute atomic E-state index is 12.6. The Balaban J connectivity index is 0.00000261. The van der Waals surface area contributed by atoms with Crippen LogP contribution >= 0.6 is 24.0 Å². The van der Waals surface area contributed by atoms with Gasteiger partial charge in [-0.05, 0) is 48.5 Å². The molecule has 2 amide bonds. The summed E-state index contributed by atoms with van der Waals surface area (Å²) in [6.45, 7) is 2.47. The summed E-state index contributed by atoms with van der Waals surface area (Å²) < 4.78 is 11.0. The van der Waals surface area contributed by atoms with E-state index in [0.717, 1.165) is 18.0 Å². The first-order valence-electron chi connectivity index (χ1n) is 8.46. The molecular weight excluding hydrogens is 389 g/mol. The number of benzene rings is 2. The van der Waals surface area contributed by atoms with Crippen LogP contribution < -0.4 is 20.1 Å². The Morgan fingerprint density at radius 3 is 2.52 bits per heavy atom. The lowest BCUT2D eigenvalue weighted by molar-refractivity contribution is 0.133. The van der Waals surface area contributed by atoms with Crippen LogP contribution in [0, 0.1) is 0 Å². The van der Waals surface area contributed by atoms with Crippen molar-refractivity contribution in [2.45, 2.75) is 6.04 Å². The Morgan fingerprint density at radius 1 is 1.19 bits per heavy atom. The molecule has 2 aromatic rings. The van der Waals surface area contributed by atoms with Crippen LogP contribution in [0.25, 0.3) is 0 Å². The number of nitrogens with one attached hydrogen (secondary N) is 2. The molecule has 0 saturated carbocycles. The van der Waals surface area contributed by atoms with Gasteiger partial charge >= 0.3 is 6.03 Å². The molecule has 1 atom stereocenters. The summed E-state index contributed by atoms with van der Waals surface area (Å²) in [6.07, 6.45) is 0. The van der Waals surface area contributed by atoms with E-state index in [1.807, 2.05) is 24.3 Å². The summed E-state index contributed by atoms with van der Waals surface area (Å²) in [5.74, 6) is 1.52. The number of anilines is 1. The van der Waals surface area contributed by atoms with Crippen molar-refractivity contribution in [3.8, 4) is 11.5 Å². The van der Waals surface area contributed by atoms with Crippen molar-refractivity contribution in [2.75, 3.05) is 38.7 Å². The number of urea groups is 1. The fourth-order valence-electron chi connectivity index (χ4n) is 2.77. The van der Waals surface area contributed by atoms with Crippen molar-refractivity contribution >= 4 is 35.7 Å². The van der Waals surface area contributed by atoms with E-state index >= 15 is 0 Å². The second kappa shape index (κ2) is 10.3. The molecule has 1 saturated heterocycles. The zero-order chi connectivity index (χ0) is 18.4. The van der Waals surface area contributed by atoms with Crippen molar-refractivity contribution < 1.29 is 14.3 Å². The summed E-state index contributed by atoms with van der Waals surface area (Å²) >= 11 is 5.88. The minimum absolute atomic E-state index is 0. The first kappa shape index (κ1) is 21.2. The lowest BCUT2D eigenvalue weighted by Crippen LogP contribution is -2.57. The van der Waals surface area contributed by atoms with Gasteiger partial charge in [-0.15, -0.1) is 12.4 Å². The standard InChI is InChI=1S/C19H22ClN3O3.ClH/c1-25-17-6-8-18(9-7-17)26-13-16-12-21-10-11-23(16)19(24)22-15-4-2-14(20)3-5-15;/h2-9,16,21H,10-13H2,1H3,(H,22,24);1H. The maximum atomic E-state index is 12.6. The van der Waals surface area contributed by atoms with E-state index in [1.165, 1.54) is 0 Å². The van der Waals surface area contributed by atoms with Crippen molar-refractivity contribution in [3.63, 3.8) is 0 Å². The van der Waals surface area contributed by atoms with E-state index in [0.29, 0.717) is 30.4 Å². The van der Waals surface area contributed by atoms with Gasteiger partial charge in [0.15, 0.2) is 0 Å². The van der Waals surface area contributed by atoms with E-state index in [1.54, 1.807) is 36.3 Å². The lowest BCUT2D eigenvalue weighted by Gasteiger charge is -2.36. The highest BCUT2D eigenvalue weighted by Crippen LogP contribution is 2.19. The first-order chi connectivity index (χ1) is 12.7. The molecule has 1 heterocycles. The quantitative estimate of drug-likeness (QED) is 0.787. The SMILES string of the molecule is COc1ccc(OCC2CNCCN2C(=O)Nc2ccc(Cl)cc2)cc1.Cl. The predicted octanol–water partition coefficient (Wildman–Crippen LogP) is 3.66. The Kier molecular flexibility index (Phi) is 8.03. The van der Waals surface area contributed by atoms with Gasteiger partial charge in [0.1, 0.15) is 18.1 Å². The smallest absolute Gasteiger partial charge is 0.322 e. The van der Waals surface area contributed by atoms with Gasteiger partial charge in [0.25, 0.3) is 0 Å². The summed E-state index contributed by atoms with van der Waals surface area (Å²) in [6, 6.07) is 14.3. The molecule has 8 heteroatoms. The van der Waals surface area contributed by atoms with Crippen molar-refractivity contribution in [3.05, 3.63) is 53.6 Å². The van der Waals surface area contributed by atoms with Gasteiger partial charge in [0.2, 0.25) is 0 Å². The summed E-state index contributed by atoms with van der Waals surface area (Å²) in [7, 11) is 1.63. The van der Waals surface area contributed by atoms with Gasteiger partial charge in [0, 0.05) is 30.3 Å². The monoisotopic (exact) mass is 411 g/mol. The second-order valence-corrected chi connectivity index (χ2v) is 6.41. The molecule has 1 aliphatic rings. The molecule has 27 heavy (non-hydrogen) atoms. The molecule has 6 nitrogen and oxygen atoms in total. The third-order valence-electron chi connectivity index (χ3n) is 4.21. The Hall–Kier alpha value is -2.15. The first-order valence-corrected chi connectivity index (χ1v) is 8.84. The maximum Gasteiger partial charge on any atom is 0.322 e. The van der Waals surface area contributed by atoms with Crippen LogP contribution in [0.1, 0.15) is 0 Å². The number of methoxy groups -OCH3 is 1. The number of halogens is 2. The Morgan fingerprint density at radius 2 is 1.85 bits per heavy atom. The summed E-state index contributed by atoms with van der Waals surface area (Å²) in [5, 5.41) is 6.85. The largest absolute Gasteiger partial charge is 0.497 e.